The zero-order chi connectivity index (χ0) is 21.7. The molecule has 0 aliphatic carbocycles. The van der Waals surface area contributed by atoms with E-state index in [1.165, 1.54) is 4.31 Å². The van der Waals surface area contributed by atoms with Crippen LogP contribution in [0.5, 0.6) is 5.75 Å². The normalized spacial score (nSPS) is 15.9. The van der Waals surface area contributed by atoms with E-state index < -0.39 is 10.0 Å². The molecule has 0 spiro atoms. The van der Waals surface area contributed by atoms with Gasteiger partial charge in [0.05, 0.1) is 11.9 Å². The van der Waals surface area contributed by atoms with Crippen molar-refractivity contribution in [1.29, 1.82) is 0 Å². The van der Waals surface area contributed by atoms with E-state index in [0.717, 1.165) is 0 Å². The molecule has 2 aromatic rings. The molecule has 1 amide bonds. The van der Waals surface area contributed by atoms with Gasteiger partial charge in [0.1, 0.15) is 5.75 Å². The van der Waals surface area contributed by atoms with Gasteiger partial charge in [0, 0.05) is 35.8 Å². The van der Waals surface area contributed by atoms with Crippen LogP contribution in [0.25, 0.3) is 0 Å². The summed E-state index contributed by atoms with van der Waals surface area (Å²) < 4.78 is 32.6. The van der Waals surface area contributed by atoms with Gasteiger partial charge in [-0.15, -0.1) is 0 Å². The predicted molar refractivity (Wildman–Crippen MR) is 119 cm³/mol. The zero-order valence-corrected chi connectivity index (χ0v) is 18.7. The van der Waals surface area contributed by atoms with Crippen LogP contribution in [-0.2, 0) is 20.6 Å². The summed E-state index contributed by atoms with van der Waals surface area (Å²) in [6, 6.07) is 14.1. The Morgan fingerprint density at radius 2 is 1.83 bits per heavy atom. The van der Waals surface area contributed by atoms with E-state index in [1.54, 1.807) is 30.3 Å². The highest BCUT2D eigenvalue weighted by Crippen LogP contribution is 2.25. The topological polar surface area (TPSA) is 75.7 Å². The highest BCUT2D eigenvalue weighted by Gasteiger charge is 2.31. The second-order valence-corrected chi connectivity index (χ2v) is 10.1. The Bertz CT molecular complexity index is 969. The Kier molecular flexibility index (Phi) is 7.39. The number of amides is 1. The molecule has 1 saturated heterocycles. The lowest BCUT2D eigenvalue weighted by Gasteiger charge is -2.30. The van der Waals surface area contributed by atoms with Gasteiger partial charge < -0.3 is 10.1 Å². The lowest BCUT2D eigenvalue weighted by Crippen LogP contribution is -2.41. The van der Waals surface area contributed by atoms with E-state index >= 15 is 0 Å². The van der Waals surface area contributed by atoms with Crippen LogP contribution in [0.2, 0.25) is 5.02 Å². The second-order valence-electron chi connectivity index (χ2n) is 7.74. The van der Waals surface area contributed by atoms with Gasteiger partial charge in [0.15, 0.2) is 0 Å². The average Bonchev–Trinajstić information content (AvgIpc) is 2.69. The maximum absolute atomic E-state index is 12.7. The summed E-state index contributed by atoms with van der Waals surface area (Å²) in [4.78, 5) is 12.6. The first kappa shape index (κ1) is 22.6. The fraction of sp³-hybridized carbons (Fsp3) is 0.409. The summed E-state index contributed by atoms with van der Waals surface area (Å²) in [6.45, 7) is 4.56. The van der Waals surface area contributed by atoms with E-state index in [-0.39, 0.29) is 23.7 Å². The van der Waals surface area contributed by atoms with E-state index in [9.17, 15) is 13.2 Å². The molecule has 0 bridgehead atoms. The summed E-state index contributed by atoms with van der Waals surface area (Å²) in [5.74, 6) is 0.322. The number of carbonyl (C=O) groups excluding carboxylic acids is 1. The van der Waals surface area contributed by atoms with E-state index in [1.807, 2.05) is 32.0 Å². The number of nitrogens with one attached hydrogen (secondary N) is 1. The van der Waals surface area contributed by atoms with Gasteiger partial charge in [-0.2, -0.15) is 0 Å². The average molecular weight is 451 g/mol. The quantitative estimate of drug-likeness (QED) is 0.682. The molecule has 0 aromatic heterocycles. The Balaban J connectivity index is 1.54. The van der Waals surface area contributed by atoms with Gasteiger partial charge in [-0.1, -0.05) is 29.8 Å². The zero-order valence-electron chi connectivity index (χ0n) is 17.2. The number of hydrogen-bond donors (Lipinski definition) is 1. The molecular weight excluding hydrogens is 424 g/mol. The van der Waals surface area contributed by atoms with Crippen molar-refractivity contribution in [3.63, 3.8) is 0 Å². The van der Waals surface area contributed by atoms with Gasteiger partial charge in [-0.3, -0.25) is 4.79 Å². The standard InChI is InChI=1S/C22H27ClN2O4S/c1-16(2)29-21-5-3-4-20(14-21)24-22(26)18-10-12-25(13-11-18)30(27,28)15-17-6-8-19(23)9-7-17/h3-9,14,16,18H,10-13,15H2,1-2H3,(H,24,26). The Labute approximate surface area is 183 Å². The van der Waals surface area contributed by atoms with Crippen molar-refractivity contribution < 1.29 is 17.9 Å². The second kappa shape index (κ2) is 9.81. The molecule has 6 nitrogen and oxygen atoms in total. The lowest BCUT2D eigenvalue weighted by molar-refractivity contribution is -0.120. The van der Waals surface area contributed by atoms with Crippen LogP contribution in [0.15, 0.2) is 48.5 Å². The van der Waals surface area contributed by atoms with Gasteiger partial charge >= 0.3 is 0 Å². The minimum absolute atomic E-state index is 0.0510. The molecule has 1 fully saturated rings. The number of benzene rings is 2. The third-order valence-corrected chi connectivity index (χ3v) is 7.06. The van der Waals surface area contributed by atoms with Crippen molar-refractivity contribution in [3.05, 3.63) is 59.1 Å². The highest BCUT2D eigenvalue weighted by molar-refractivity contribution is 7.88. The van der Waals surface area contributed by atoms with Gasteiger partial charge in [0.25, 0.3) is 0 Å². The van der Waals surface area contributed by atoms with Crippen LogP contribution in [0.4, 0.5) is 5.69 Å². The highest BCUT2D eigenvalue weighted by atomic mass is 35.5. The summed E-state index contributed by atoms with van der Waals surface area (Å²) in [5.41, 5.74) is 1.37. The maximum atomic E-state index is 12.7. The summed E-state index contributed by atoms with van der Waals surface area (Å²) in [7, 11) is -3.43. The summed E-state index contributed by atoms with van der Waals surface area (Å²) in [6.07, 6.45) is 1.04. The maximum Gasteiger partial charge on any atom is 0.227 e. The van der Waals surface area contributed by atoms with Crippen molar-refractivity contribution >= 4 is 33.2 Å². The van der Waals surface area contributed by atoms with E-state index in [4.69, 9.17) is 16.3 Å². The number of anilines is 1. The summed E-state index contributed by atoms with van der Waals surface area (Å²) >= 11 is 5.86. The number of nitrogens with zero attached hydrogens (tertiary/aromatic N) is 1. The van der Waals surface area contributed by atoms with Crippen molar-refractivity contribution in [3.8, 4) is 5.75 Å². The molecule has 30 heavy (non-hydrogen) atoms. The fourth-order valence-electron chi connectivity index (χ4n) is 3.44. The van der Waals surface area contributed by atoms with E-state index in [2.05, 4.69) is 5.32 Å². The molecule has 1 N–H and O–H groups in total. The number of sulfonamides is 1. The Morgan fingerprint density at radius 1 is 1.17 bits per heavy atom. The van der Waals surface area contributed by atoms with Crippen LogP contribution in [0, 0.1) is 5.92 Å². The summed E-state index contributed by atoms with van der Waals surface area (Å²) in [5, 5.41) is 3.50. The molecule has 162 valence electrons. The largest absolute Gasteiger partial charge is 0.491 e. The molecule has 0 atom stereocenters. The number of rotatable bonds is 7. The first-order valence-electron chi connectivity index (χ1n) is 10.0. The van der Waals surface area contributed by atoms with Gasteiger partial charge in [-0.25, -0.2) is 12.7 Å². The van der Waals surface area contributed by atoms with Crippen LogP contribution in [-0.4, -0.2) is 37.8 Å². The van der Waals surface area contributed by atoms with Crippen molar-refractivity contribution in [1.82, 2.24) is 4.31 Å². The van der Waals surface area contributed by atoms with Crippen molar-refractivity contribution in [2.45, 2.75) is 38.5 Å². The van der Waals surface area contributed by atoms with E-state index in [0.29, 0.717) is 48.0 Å². The first-order valence-corrected chi connectivity index (χ1v) is 12.0. The molecule has 0 saturated carbocycles. The fourth-order valence-corrected chi connectivity index (χ4v) is 5.13. The Hall–Kier alpha value is -2.09. The smallest absolute Gasteiger partial charge is 0.227 e. The molecule has 1 aliphatic rings. The van der Waals surface area contributed by atoms with Crippen LogP contribution >= 0.6 is 11.6 Å². The molecule has 8 heteroatoms. The molecule has 1 heterocycles. The SMILES string of the molecule is CC(C)Oc1cccc(NC(=O)C2CCN(S(=O)(=O)Cc3ccc(Cl)cc3)CC2)c1. The predicted octanol–water partition coefficient (Wildman–Crippen LogP) is 4.31. The first-order chi connectivity index (χ1) is 14.2. The molecular formula is C22H27ClN2O4S. The van der Waals surface area contributed by atoms with Crippen LogP contribution in [0.3, 0.4) is 0 Å². The van der Waals surface area contributed by atoms with Gasteiger partial charge in [-0.05, 0) is 56.5 Å². The van der Waals surface area contributed by atoms with Crippen molar-refractivity contribution in [2.75, 3.05) is 18.4 Å². The van der Waals surface area contributed by atoms with Crippen LogP contribution in [0.1, 0.15) is 32.3 Å². The third kappa shape index (κ3) is 6.20. The Morgan fingerprint density at radius 3 is 2.47 bits per heavy atom. The molecule has 2 aromatic carbocycles. The minimum atomic E-state index is -3.43. The molecule has 1 aliphatic heterocycles. The van der Waals surface area contributed by atoms with Crippen LogP contribution < -0.4 is 10.1 Å². The van der Waals surface area contributed by atoms with Crippen molar-refractivity contribution in [2.24, 2.45) is 5.92 Å². The lowest BCUT2D eigenvalue weighted by atomic mass is 9.97. The van der Waals surface area contributed by atoms with Gasteiger partial charge in [0.2, 0.25) is 15.9 Å². The molecule has 0 unspecified atom stereocenters. The number of carbonyl (C=O) groups is 1. The molecule has 0 radical (unpaired) electrons. The monoisotopic (exact) mass is 450 g/mol. The number of halogens is 1. The minimum Gasteiger partial charge on any atom is -0.491 e. The number of piperidine rings is 1. The number of hydrogen-bond acceptors (Lipinski definition) is 4. The number of ether oxygens (including phenoxy) is 1. The third-order valence-electron chi connectivity index (χ3n) is 4.95. The molecule has 3 rings (SSSR count).